The third-order valence-corrected chi connectivity index (χ3v) is 4.32. The second-order valence-electron chi connectivity index (χ2n) is 4.36. The number of benzene rings is 1. The van der Waals surface area contributed by atoms with Gasteiger partial charge in [-0.1, -0.05) is 12.1 Å². The number of hydrogen-bond donors (Lipinski definition) is 3. The van der Waals surface area contributed by atoms with Crippen molar-refractivity contribution in [3.8, 4) is 0 Å². The number of nitrogens with one attached hydrogen (secondary N) is 2. The highest BCUT2D eigenvalue weighted by atomic mass is 127. The monoisotopic (exact) mass is 458 g/mol. The first kappa shape index (κ1) is 21.5. The fourth-order valence-electron chi connectivity index (χ4n) is 1.66. The van der Waals surface area contributed by atoms with E-state index in [-0.39, 0.29) is 28.9 Å². The van der Waals surface area contributed by atoms with Crippen LogP contribution >= 0.6 is 35.7 Å². The lowest BCUT2D eigenvalue weighted by Crippen LogP contribution is -2.39. The average Bonchev–Trinajstić information content (AvgIpc) is 2.45. The van der Waals surface area contributed by atoms with Crippen molar-refractivity contribution in [1.82, 2.24) is 10.6 Å². The van der Waals surface area contributed by atoms with E-state index < -0.39 is 10.0 Å². The van der Waals surface area contributed by atoms with E-state index in [0.717, 1.165) is 30.2 Å². The van der Waals surface area contributed by atoms with Crippen molar-refractivity contribution in [1.29, 1.82) is 0 Å². The van der Waals surface area contributed by atoms with Crippen molar-refractivity contribution in [2.75, 3.05) is 32.1 Å². The van der Waals surface area contributed by atoms with Crippen molar-refractivity contribution in [3.63, 3.8) is 0 Å². The zero-order valence-corrected chi connectivity index (χ0v) is 16.7. The standard InChI is InChI=1S/C13H22N4O2S2.HI/c1-15-13(17-9-10-20-2)16-8-7-11-3-5-12(6-4-11)21(14,18)19;/h3-6H,7-10H2,1-2H3,(H2,14,18,19)(H2,15,16,17);1H. The van der Waals surface area contributed by atoms with Crippen LogP contribution in [0, 0.1) is 0 Å². The minimum absolute atomic E-state index is 0. The molecule has 0 saturated heterocycles. The molecule has 22 heavy (non-hydrogen) atoms. The second-order valence-corrected chi connectivity index (χ2v) is 6.90. The second kappa shape index (κ2) is 11.1. The fraction of sp³-hybridized carbons (Fsp3) is 0.462. The van der Waals surface area contributed by atoms with E-state index in [1.54, 1.807) is 30.9 Å². The van der Waals surface area contributed by atoms with Crippen LogP contribution in [-0.2, 0) is 16.4 Å². The lowest BCUT2D eigenvalue weighted by atomic mass is 10.1. The molecule has 0 aliphatic rings. The van der Waals surface area contributed by atoms with E-state index in [2.05, 4.69) is 21.9 Å². The number of halogens is 1. The van der Waals surface area contributed by atoms with E-state index in [1.165, 1.54) is 12.1 Å². The number of nitrogens with two attached hydrogens (primary N) is 1. The molecule has 126 valence electrons. The van der Waals surface area contributed by atoms with Crippen molar-refractivity contribution in [3.05, 3.63) is 29.8 Å². The van der Waals surface area contributed by atoms with Crippen LogP contribution in [0.1, 0.15) is 5.56 Å². The molecule has 0 amide bonds. The molecule has 0 spiro atoms. The molecule has 0 radical (unpaired) electrons. The zero-order chi connectivity index (χ0) is 15.7. The van der Waals surface area contributed by atoms with Crippen LogP contribution in [0.5, 0.6) is 0 Å². The first-order valence-electron chi connectivity index (χ1n) is 6.52. The van der Waals surface area contributed by atoms with Gasteiger partial charge in [0, 0.05) is 25.9 Å². The molecule has 0 saturated carbocycles. The molecule has 0 bridgehead atoms. The Morgan fingerprint density at radius 1 is 1.23 bits per heavy atom. The van der Waals surface area contributed by atoms with Crippen molar-refractivity contribution in [2.24, 2.45) is 10.1 Å². The van der Waals surface area contributed by atoms with Gasteiger partial charge in [-0.2, -0.15) is 11.8 Å². The van der Waals surface area contributed by atoms with E-state index in [9.17, 15) is 8.42 Å². The molecule has 9 heteroatoms. The van der Waals surface area contributed by atoms with Gasteiger partial charge in [-0.05, 0) is 30.4 Å². The van der Waals surface area contributed by atoms with Gasteiger partial charge in [0.2, 0.25) is 10.0 Å². The lowest BCUT2D eigenvalue weighted by Gasteiger charge is -2.11. The molecule has 0 atom stereocenters. The number of aliphatic imine (C=N–C) groups is 1. The molecule has 0 fully saturated rings. The van der Waals surface area contributed by atoms with E-state index in [1.807, 2.05) is 0 Å². The molecule has 1 rings (SSSR count). The molecule has 0 aliphatic carbocycles. The zero-order valence-electron chi connectivity index (χ0n) is 12.7. The van der Waals surface area contributed by atoms with Gasteiger partial charge >= 0.3 is 0 Å². The summed E-state index contributed by atoms with van der Waals surface area (Å²) in [6.07, 6.45) is 2.83. The van der Waals surface area contributed by atoms with Gasteiger partial charge in [-0.15, -0.1) is 24.0 Å². The van der Waals surface area contributed by atoms with Crippen molar-refractivity contribution < 1.29 is 8.42 Å². The van der Waals surface area contributed by atoms with E-state index in [0.29, 0.717) is 6.54 Å². The normalized spacial score (nSPS) is 11.7. The molecule has 0 unspecified atom stereocenters. The predicted octanol–water partition coefficient (Wildman–Crippen LogP) is 1.02. The summed E-state index contributed by atoms with van der Waals surface area (Å²) in [5.41, 5.74) is 1.04. The van der Waals surface area contributed by atoms with Crippen LogP contribution in [-0.4, -0.2) is 46.5 Å². The van der Waals surface area contributed by atoms with Crippen LogP contribution in [0.4, 0.5) is 0 Å². The topological polar surface area (TPSA) is 96.6 Å². The van der Waals surface area contributed by atoms with E-state index >= 15 is 0 Å². The SMILES string of the molecule is CN=C(NCCSC)NCCc1ccc(S(N)(=O)=O)cc1.I. The summed E-state index contributed by atoms with van der Waals surface area (Å²) >= 11 is 1.77. The van der Waals surface area contributed by atoms with Gasteiger partial charge in [0.25, 0.3) is 0 Å². The molecular weight excluding hydrogens is 435 g/mol. The number of thioether (sulfide) groups is 1. The number of sulfonamides is 1. The number of guanidine groups is 1. The average molecular weight is 458 g/mol. The highest BCUT2D eigenvalue weighted by Gasteiger charge is 2.06. The Balaban J connectivity index is 0.00000441. The van der Waals surface area contributed by atoms with Crippen LogP contribution in [0.25, 0.3) is 0 Å². The molecular formula is C13H23IN4O2S2. The quantitative estimate of drug-likeness (QED) is 0.246. The van der Waals surface area contributed by atoms with Crippen LogP contribution < -0.4 is 15.8 Å². The van der Waals surface area contributed by atoms with Gasteiger partial charge in [-0.3, -0.25) is 4.99 Å². The maximum atomic E-state index is 11.2. The maximum absolute atomic E-state index is 11.2. The molecule has 0 aromatic heterocycles. The van der Waals surface area contributed by atoms with Crippen LogP contribution in [0.2, 0.25) is 0 Å². The third-order valence-electron chi connectivity index (χ3n) is 2.78. The largest absolute Gasteiger partial charge is 0.356 e. The summed E-state index contributed by atoms with van der Waals surface area (Å²) in [4.78, 5) is 4.26. The number of rotatable bonds is 7. The minimum Gasteiger partial charge on any atom is -0.356 e. The Kier molecular flexibility index (Phi) is 10.8. The molecule has 1 aromatic carbocycles. The highest BCUT2D eigenvalue weighted by molar-refractivity contribution is 14.0. The van der Waals surface area contributed by atoms with Gasteiger partial charge in [0.15, 0.2) is 5.96 Å². The number of hydrogen-bond acceptors (Lipinski definition) is 4. The van der Waals surface area contributed by atoms with Crippen LogP contribution in [0.15, 0.2) is 34.2 Å². The number of primary sulfonamides is 1. The molecule has 6 nitrogen and oxygen atoms in total. The van der Waals surface area contributed by atoms with Gasteiger partial charge in [0.1, 0.15) is 0 Å². The fourth-order valence-corrected chi connectivity index (χ4v) is 2.48. The predicted molar refractivity (Wildman–Crippen MR) is 105 cm³/mol. The van der Waals surface area contributed by atoms with Crippen LogP contribution in [0.3, 0.4) is 0 Å². The lowest BCUT2D eigenvalue weighted by molar-refractivity contribution is 0.598. The summed E-state index contributed by atoms with van der Waals surface area (Å²) in [5.74, 6) is 1.79. The first-order chi connectivity index (χ1) is 9.97. The summed E-state index contributed by atoms with van der Waals surface area (Å²) in [5, 5.41) is 11.5. The first-order valence-corrected chi connectivity index (χ1v) is 9.46. The summed E-state index contributed by atoms with van der Waals surface area (Å²) in [6.45, 7) is 1.58. The summed E-state index contributed by atoms with van der Waals surface area (Å²) in [6, 6.07) is 6.59. The molecule has 0 heterocycles. The maximum Gasteiger partial charge on any atom is 0.238 e. The smallest absolute Gasteiger partial charge is 0.238 e. The Labute approximate surface area is 153 Å². The molecule has 0 aliphatic heterocycles. The Hall–Kier alpha value is -0.520. The van der Waals surface area contributed by atoms with Gasteiger partial charge < -0.3 is 10.6 Å². The Morgan fingerprint density at radius 3 is 2.32 bits per heavy atom. The van der Waals surface area contributed by atoms with Gasteiger partial charge in [0.05, 0.1) is 4.90 Å². The van der Waals surface area contributed by atoms with E-state index in [4.69, 9.17) is 5.14 Å². The van der Waals surface area contributed by atoms with Crippen molar-refractivity contribution in [2.45, 2.75) is 11.3 Å². The highest BCUT2D eigenvalue weighted by Crippen LogP contribution is 2.08. The molecule has 4 N–H and O–H groups in total. The minimum atomic E-state index is -3.62. The van der Waals surface area contributed by atoms with Crippen molar-refractivity contribution >= 4 is 51.7 Å². The molecule has 1 aromatic rings. The third kappa shape index (κ3) is 8.20. The number of nitrogens with zero attached hydrogens (tertiary/aromatic N) is 1. The Bertz CT molecular complexity index is 562. The van der Waals surface area contributed by atoms with Gasteiger partial charge in [-0.25, -0.2) is 13.6 Å². The summed E-state index contributed by atoms with van der Waals surface area (Å²) < 4.78 is 22.3. The Morgan fingerprint density at radius 2 is 1.82 bits per heavy atom. The summed E-state index contributed by atoms with van der Waals surface area (Å²) in [7, 11) is -1.89.